The molecule has 136 valence electrons. The predicted molar refractivity (Wildman–Crippen MR) is 81.7 cm³/mol. The van der Waals surface area contributed by atoms with Crippen LogP contribution in [0.5, 0.6) is 0 Å². The summed E-state index contributed by atoms with van der Waals surface area (Å²) in [5, 5.41) is 1.76. The minimum Gasteiger partial charge on any atom is -0.360 e. The third-order valence-electron chi connectivity index (χ3n) is 4.95. The molecule has 26 heavy (non-hydrogen) atoms. The van der Waals surface area contributed by atoms with Gasteiger partial charge in [0.05, 0.1) is 30.2 Å². The predicted octanol–water partition coefficient (Wildman–Crippen LogP) is 1.18. The van der Waals surface area contributed by atoms with Gasteiger partial charge in [-0.15, -0.1) is 0 Å². The molecule has 3 aliphatic heterocycles. The van der Waals surface area contributed by atoms with Gasteiger partial charge >= 0.3 is 12.1 Å². The summed E-state index contributed by atoms with van der Waals surface area (Å²) in [5.74, 6) is -4.90. The van der Waals surface area contributed by atoms with E-state index in [4.69, 9.17) is 4.74 Å². The molecule has 6 nitrogen and oxygen atoms in total. The largest absolute Gasteiger partial charge is 0.471 e. The van der Waals surface area contributed by atoms with Crippen LogP contribution in [0.25, 0.3) is 0 Å². The molecule has 0 aliphatic carbocycles. The number of nitrogens with zero attached hydrogens (tertiary/aromatic N) is 1. The maximum Gasteiger partial charge on any atom is 0.471 e. The molecular formula is C17H13F3N2O4. The lowest BCUT2D eigenvalue weighted by Gasteiger charge is -2.29. The number of carbonyl (C=O) groups is 3. The van der Waals surface area contributed by atoms with Crippen molar-refractivity contribution < 1.29 is 32.3 Å². The van der Waals surface area contributed by atoms with Gasteiger partial charge < -0.3 is 10.1 Å². The van der Waals surface area contributed by atoms with Gasteiger partial charge in [0.15, 0.2) is 0 Å². The van der Waals surface area contributed by atoms with Crippen molar-refractivity contribution in [3.05, 3.63) is 42.5 Å². The van der Waals surface area contributed by atoms with E-state index in [2.05, 4.69) is 0 Å². The molecular weight excluding hydrogens is 353 g/mol. The summed E-state index contributed by atoms with van der Waals surface area (Å²) in [7, 11) is 0. The first-order chi connectivity index (χ1) is 12.2. The molecule has 4 atom stereocenters. The lowest BCUT2D eigenvalue weighted by Crippen LogP contribution is -2.51. The Labute approximate surface area is 145 Å². The number of halogens is 3. The Morgan fingerprint density at radius 2 is 1.88 bits per heavy atom. The van der Waals surface area contributed by atoms with E-state index in [1.807, 2.05) is 0 Å². The Bertz CT molecular complexity index is 823. The number of para-hydroxylation sites is 1. The molecule has 2 bridgehead atoms. The minimum atomic E-state index is -5.04. The molecule has 1 aromatic carbocycles. The van der Waals surface area contributed by atoms with E-state index < -0.39 is 54.0 Å². The van der Waals surface area contributed by atoms with E-state index in [1.165, 1.54) is 6.08 Å². The number of anilines is 1. The van der Waals surface area contributed by atoms with Crippen LogP contribution in [0.1, 0.15) is 0 Å². The fourth-order valence-electron chi connectivity index (χ4n) is 3.86. The van der Waals surface area contributed by atoms with Gasteiger partial charge in [0.1, 0.15) is 5.60 Å². The van der Waals surface area contributed by atoms with Gasteiger partial charge in [-0.1, -0.05) is 30.4 Å². The van der Waals surface area contributed by atoms with Crippen molar-refractivity contribution >= 4 is 23.4 Å². The summed E-state index contributed by atoms with van der Waals surface area (Å²) >= 11 is 0. The van der Waals surface area contributed by atoms with E-state index in [0.29, 0.717) is 5.69 Å². The normalized spacial score (nSPS) is 32.3. The molecule has 0 radical (unpaired) electrons. The van der Waals surface area contributed by atoms with Crippen LogP contribution in [0.3, 0.4) is 0 Å². The van der Waals surface area contributed by atoms with Crippen LogP contribution in [0.4, 0.5) is 18.9 Å². The van der Waals surface area contributed by atoms with Crippen LogP contribution in [0, 0.1) is 11.8 Å². The molecule has 4 rings (SSSR count). The van der Waals surface area contributed by atoms with Crippen LogP contribution in [-0.2, 0) is 19.1 Å². The molecule has 0 spiro atoms. The molecule has 2 fully saturated rings. The SMILES string of the molecule is O=C1[C@@H]2[C@@H]3C=C[C@](CNC(=O)C(F)(F)F)(O3)[C@@H]2C(=O)N1c1ccccc1. The van der Waals surface area contributed by atoms with Gasteiger partial charge in [0.2, 0.25) is 11.8 Å². The number of alkyl halides is 3. The molecule has 3 amide bonds. The average molecular weight is 366 g/mol. The second-order valence-corrected chi connectivity index (χ2v) is 6.43. The standard InChI is InChI=1S/C17H13F3N2O4/c18-17(19,20)15(25)21-8-16-7-6-10(26-16)11-12(16)14(24)22(13(11)23)9-4-2-1-3-5-9/h1-7,10-12H,8H2,(H,21,25)/t10-,11+,12-,16+/m0/s1. The molecule has 1 N–H and O–H groups in total. The fraction of sp³-hybridized carbons (Fsp3) is 0.353. The van der Waals surface area contributed by atoms with Crippen molar-refractivity contribution in [3.8, 4) is 0 Å². The van der Waals surface area contributed by atoms with Crippen molar-refractivity contribution in [2.75, 3.05) is 11.4 Å². The Hall–Kier alpha value is -2.68. The van der Waals surface area contributed by atoms with Crippen LogP contribution >= 0.6 is 0 Å². The fourth-order valence-corrected chi connectivity index (χ4v) is 3.86. The van der Waals surface area contributed by atoms with Gasteiger partial charge in [-0.05, 0) is 12.1 Å². The first-order valence-corrected chi connectivity index (χ1v) is 7.90. The van der Waals surface area contributed by atoms with Crippen LogP contribution < -0.4 is 10.2 Å². The van der Waals surface area contributed by atoms with Gasteiger partial charge in [0.25, 0.3) is 0 Å². The summed E-state index contributed by atoms with van der Waals surface area (Å²) in [6.07, 6.45) is -2.72. The van der Waals surface area contributed by atoms with E-state index in [0.717, 1.165) is 4.90 Å². The quantitative estimate of drug-likeness (QED) is 0.644. The molecule has 0 unspecified atom stereocenters. The number of imide groups is 1. The zero-order chi connectivity index (χ0) is 18.7. The monoisotopic (exact) mass is 366 g/mol. The summed E-state index contributed by atoms with van der Waals surface area (Å²) in [5.41, 5.74) is -1.06. The molecule has 2 saturated heterocycles. The number of amides is 3. The number of nitrogens with one attached hydrogen (secondary N) is 1. The molecule has 1 aromatic rings. The van der Waals surface area contributed by atoms with Gasteiger partial charge in [-0.2, -0.15) is 13.2 Å². The lowest BCUT2D eigenvalue weighted by molar-refractivity contribution is -0.174. The summed E-state index contributed by atoms with van der Waals surface area (Å²) in [6.45, 7) is -0.541. The molecule has 3 heterocycles. The van der Waals surface area contributed by atoms with Crippen LogP contribution in [0.2, 0.25) is 0 Å². The Morgan fingerprint density at radius 3 is 2.54 bits per heavy atom. The molecule has 9 heteroatoms. The number of carbonyl (C=O) groups excluding carboxylic acids is 3. The van der Waals surface area contributed by atoms with Crippen molar-refractivity contribution in [2.45, 2.75) is 17.9 Å². The first-order valence-electron chi connectivity index (χ1n) is 7.90. The smallest absolute Gasteiger partial charge is 0.360 e. The van der Waals surface area contributed by atoms with E-state index in [9.17, 15) is 27.6 Å². The number of hydrogen-bond acceptors (Lipinski definition) is 4. The zero-order valence-electron chi connectivity index (χ0n) is 13.2. The Balaban J connectivity index is 1.62. The van der Waals surface area contributed by atoms with Crippen molar-refractivity contribution in [1.82, 2.24) is 5.32 Å². The van der Waals surface area contributed by atoms with Crippen LogP contribution in [-0.4, -0.2) is 42.1 Å². The molecule has 3 aliphatic rings. The van der Waals surface area contributed by atoms with E-state index in [1.54, 1.807) is 41.7 Å². The summed E-state index contributed by atoms with van der Waals surface area (Å²) < 4.78 is 43.0. The van der Waals surface area contributed by atoms with Gasteiger partial charge in [-0.25, -0.2) is 4.90 Å². The number of rotatable bonds is 3. The van der Waals surface area contributed by atoms with E-state index in [-0.39, 0.29) is 0 Å². The third-order valence-corrected chi connectivity index (χ3v) is 4.95. The van der Waals surface area contributed by atoms with Gasteiger partial charge in [0, 0.05) is 0 Å². The summed E-state index contributed by atoms with van der Waals surface area (Å²) in [6, 6.07) is 8.29. The lowest BCUT2D eigenvalue weighted by atomic mass is 9.77. The Morgan fingerprint density at radius 1 is 1.19 bits per heavy atom. The highest BCUT2D eigenvalue weighted by atomic mass is 19.4. The van der Waals surface area contributed by atoms with Crippen molar-refractivity contribution in [1.29, 1.82) is 0 Å². The number of hydrogen-bond donors (Lipinski definition) is 1. The minimum absolute atomic E-state index is 0.394. The Kier molecular flexibility index (Phi) is 3.49. The number of fused-ring (bicyclic) bond motifs is 5. The third kappa shape index (κ3) is 2.27. The summed E-state index contributed by atoms with van der Waals surface area (Å²) in [4.78, 5) is 37.8. The second kappa shape index (κ2) is 5.41. The molecule has 0 aromatic heterocycles. The highest BCUT2D eigenvalue weighted by molar-refractivity contribution is 6.23. The second-order valence-electron chi connectivity index (χ2n) is 6.43. The van der Waals surface area contributed by atoms with Gasteiger partial charge in [-0.3, -0.25) is 14.4 Å². The maximum atomic E-state index is 12.9. The van der Waals surface area contributed by atoms with Crippen LogP contribution in [0.15, 0.2) is 42.5 Å². The maximum absolute atomic E-state index is 12.9. The zero-order valence-corrected chi connectivity index (χ0v) is 13.2. The topological polar surface area (TPSA) is 75.7 Å². The van der Waals surface area contributed by atoms with E-state index >= 15 is 0 Å². The molecule has 0 saturated carbocycles. The average Bonchev–Trinajstić information content (AvgIpc) is 3.23. The first kappa shape index (κ1) is 16.8. The highest BCUT2D eigenvalue weighted by Gasteiger charge is 2.68. The number of ether oxygens (including phenoxy) is 1. The number of benzene rings is 1. The van der Waals surface area contributed by atoms with Crippen molar-refractivity contribution in [3.63, 3.8) is 0 Å². The van der Waals surface area contributed by atoms with Crippen molar-refractivity contribution in [2.24, 2.45) is 11.8 Å². The highest BCUT2D eigenvalue weighted by Crippen LogP contribution is 2.52.